The number of nitrogens with zero attached hydrogens (tertiary/aromatic N) is 1. The minimum Gasteiger partial charge on any atom is -0.459 e. The van der Waals surface area contributed by atoms with Crippen molar-refractivity contribution in [2.24, 2.45) is 5.92 Å². The van der Waals surface area contributed by atoms with Gasteiger partial charge < -0.3 is 29.6 Å². The molecule has 1 aromatic heterocycles. The Morgan fingerprint density at radius 3 is 2.50 bits per heavy atom. The number of carbonyl (C=O) groups excluding carboxylic acids is 4. The fourth-order valence-corrected chi connectivity index (χ4v) is 3.89. The lowest BCUT2D eigenvalue weighted by atomic mass is 9.93. The van der Waals surface area contributed by atoms with Crippen LogP contribution in [0.1, 0.15) is 64.5 Å². The van der Waals surface area contributed by atoms with Gasteiger partial charge in [-0.25, -0.2) is 9.59 Å². The maximum absolute atomic E-state index is 12.7. The highest BCUT2D eigenvalue weighted by molar-refractivity contribution is 5.81. The molecule has 36 heavy (non-hydrogen) atoms. The van der Waals surface area contributed by atoms with E-state index in [9.17, 15) is 28.8 Å². The number of nitrogens with one attached hydrogen (secondary N) is 3. The summed E-state index contributed by atoms with van der Waals surface area (Å²) in [5.41, 5.74) is -1.30. The third-order valence-electron chi connectivity index (χ3n) is 5.87. The lowest BCUT2D eigenvalue weighted by Crippen LogP contribution is -2.39. The van der Waals surface area contributed by atoms with Crippen molar-refractivity contribution in [3.63, 3.8) is 0 Å². The van der Waals surface area contributed by atoms with Crippen molar-refractivity contribution in [1.29, 1.82) is 0 Å². The van der Waals surface area contributed by atoms with Crippen molar-refractivity contribution < 1.29 is 33.4 Å². The van der Waals surface area contributed by atoms with E-state index in [1.807, 2.05) is 13.8 Å². The van der Waals surface area contributed by atoms with Gasteiger partial charge in [0.05, 0.1) is 31.9 Å². The first-order valence-electron chi connectivity index (χ1n) is 11.8. The van der Waals surface area contributed by atoms with Crippen molar-refractivity contribution in [1.82, 2.24) is 20.2 Å². The van der Waals surface area contributed by atoms with Gasteiger partial charge in [0.15, 0.2) is 0 Å². The van der Waals surface area contributed by atoms with Crippen LogP contribution in [0.4, 0.5) is 4.79 Å². The van der Waals surface area contributed by atoms with Gasteiger partial charge in [-0.1, -0.05) is 20.3 Å². The van der Waals surface area contributed by atoms with E-state index in [0.717, 1.165) is 6.42 Å². The molecule has 2 amide bonds. The molecule has 0 spiro atoms. The SMILES string of the molecule is CCCC1OC(c2cn(CCC(=O)NCNC(=O)OC)c(=O)[nH]c2=O)C(OC(=O)CCC(C)=O)C1C. The van der Waals surface area contributed by atoms with E-state index in [1.54, 1.807) is 0 Å². The van der Waals surface area contributed by atoms with Crippen LogP contribution in [0, 0.1) is 5.92 Å². The van der Waals surface area contributed by atoms with Gasteiger partial charge in [-0.15, -0.1) is 0 Å². The zero-order chi connectivity index (χ0) is 26.8. The number of ether oxygens (including phenoxy) is 3. The molecule has 1 fully saturated rings. The Balaban J connectivity index is 2.19. The summed E-state index contributed by atoms with van der Waals surface area (Å²) in [6.45, 7) is 5.01. The average molecular weight is 511 g/mol. The first-order valence-corrected chi connectivity index (χ1v) is 11.8. The van der Waals surface area contributed by atoms with Crippen LogP contribution in [-0.4, -0.2) is 59.3 Å². The van der Waals surface area contributed by atoms with Crippen LogP contribution in [0.2, 0.25) is 0 Å². The molecule has 3 N–H and O–H groups in total. The summed E-state index contributed by atoms with van der Waals surface area (Å²) in [5.74, 6) is -1.40. The molecule has 1 aliphatic rings. The van der Waals surface area contributed by atoms with Gasteiger partial charge >= 0.3 is 17.8 Å². The molecule has 2 heterocycles. The monoisotopic (exact) mass is 510 g/mol. The summed E-state index contributed by atoms with van der Waals surface area (Å²) in [7, 11) is 1.19. The Labute approximate surface area is 207 Å². The lowest BCUT2D eigenvalue weighted by molar-refractivity contribution is -0.154. The average Bonchev–Trinajstić information content (AvgIpc) is 3.12. The van der Waals surface area contributed by atoms with Crippen LogP contribution in [-0.2, 0) is 35.1 Å². The molecule has 1 aromatic rings. The number of aromatic amines is 1. The molecular weight excluding hydrogens is 476 g/mol. The van der Waals surface area contributed by atoms with Crippen LogP contribution in [0.3, 0.4) is 0 Å². The Morgan fingerprint density at radius 1 is 1.14 bits per heavy atom. The Hall–Kier alpha value is -3.48. The van der Waals surface area contributed by atoms with E-state index < -0.39 is 41.4 Å². The molecule has 1 saturated heterocycles. The lowest BCUT2D eigenvalue weighted by Gasteiger charge is -2.22. The standard InChI is InChI=1S/C23H34N4O9/c1-5-6-16-14(3)19(36-18(30)8-7-13(2)28)20(35-16)15-11-27(22(32)26-21(15)31)10-9-17(29)24-12-25-23(33)34-4/h11,14,16,19-20H,5-10,12H2,1-4H3,(H,24,29)(H,25,33)(H,26,31,32). The molecule has 0 radical (unpaired) electrons. The summed E-state index contributed by atoms with van der Waals surface area (Å²) >= 11 is 0. The van der Waals surface area contributed by atoms with Crippen LogP contribution < -0.4 is 21.9 Å². The number of H-pyrrole nitrogens is 1. The number of aryl methyl sites for hydroxylation is 1. The predicted molar refractivity (Wildman–Crippen MR) is 126 cm³/mol. The molecule has 1 aliphatic heterocycles. The van der Waals surface area contributed by atoms with Crippen molar-refractivity contribution in [2.75, 3.05) is 13.8 Å². The summed E-state index contributed by atoms with van der Waals surface area (Å²) in [4.78, 5) is 74.0. The number of hydrogen-bond donors (Lipinski definition) is 3. The number of amides is 2. The van der Waals surface area contributed by atoms with Crippen LogP contribution in [0.5, 0.6) is 0 Å². The highest BCUT2D eigenvalue weighted by Gasteiger charge is 2.45. The number of aromatic nitrogens is 2. The van der Waals surface area contributed by atoms with E-state index in [-0.39, 0.29) is 55.8 Å². The first-order chi connectivity index (χ1) is 17.1. The number of ketones is 1. The molecule has 4 atom stereocenters. The second kappa shape index (κ2) is 13.6. The molecule has 4 unspecified atom stereocenters. The predicted octanol–water partition coefficient (Wildman–Crippen LogP) is 0.514. The molecular formula is C23H34N4O9. The van der Waals surface area contributed by atoms with Gasteiger partial charge in [-0.2, -0.15) is 0 Å². The molecule has 0 aromatic carbocycles. The number of Topliss-reactive ketones (excluding diaryl/α,β-unsaturated/α-hetero) is 1. The highest BCUT2D eigenvalue weighted by atomic mass is 16.6. The third kappa shape index (κ3) is 8.04. The second-order valence-electron chi connectivity index (χ2n) is 8.63. The van der Waals surface area contributed by atoms with Crippen LogP contribution >= 0.6 is 0 Å². The normalized spacial score (nSPS) is 21.0. The van der Waals surface area contributed by atoms with Gasteiger partial charge in [-0.05, 0) is 13.3 Å². The number of esters is 1. The van der Waals surface area contributed by atoms with E-state index in [1.165, 1.54) is 24.8 Å². The molecule has 0 aliphatic carbocycles. The summed E-state index contributed by atoms with van der Waals surface area (Å²) in [6.07, 6.45) is -0.0573. The third-order valence-corrected chi connectivity index (χ3v) is 5.87. The van der Waals surface area contributed by atoms with Crippen LogP contribution in [0.25, 0.3) is 0 Å². The second-order valence-corrected chi connectivity index (χ2v) is 8.63. The van der Waals surface area contributed by atoms with Gasteiger partial charge in [0.1, 0.15) is 18.0 Å². The first kappa shape index (κ1) is 28.8. The van der Waals surface area contributed by atoms with E-state index in [4.69, 9.17) is 9.47 Å². The van der Waals surface area contributed by atoms with Crippen molar-refractivity contribution in [3.8, 4) is 0 Å². The van der Waals surface area contributed by atoms with Gasteiger partial charge in [0.25, 0.3) is 5.56 Å². The molecule has 2 rings (SSSR count). The maximum atomic E-state index is 12.7. The van der Waals surface area contributed by atoms with Crippen molar-refractivity contribution in [2.45, 2.75) is 77.7 Å². The minimum atomic E-state index is -0.925. The molecule has 200 valence electrons. The fourth-order valence-electron chi connectivity index (χ4n) is 3.89. The Morgan fingerprint density at radius 2 is 1.86 bits per heavy atom. The maximum Gasteiger partial charge on any atom is 0.408 e. The van der Waals surface area contributed by atoms with E-state index in [0.29, 0.717) is 6.42 Å². The number of rotatable bonds is 12. The van der Waals surface area contributed by atoms with Crippen LogP contribution in [0.15, 0.2) is 15.8 Å². The Bertz CT molecular complexity index is 1060. The van der Waals surface area contributed by atoms with Gasteiger partial charge in [0, 0.05) is 31.5 Å². The molecule has 0 bridgehead atoms. The van der Waals surface area contributed by atoms with Crippen molar-refractivity contribution in [3.05, 3.63) is 32.6 Å². The number of alkyl carbamates (subject to hydrolysis) is 1. The zero-order valence-corrected chi connectivity index (χ0v) is 21.0. The summed E-state index contributed by atoms with van der Waals surface area (Å²) < 4.78 is 17.3. The zero-order valence-electron chi connectivity index (χ0n) is 21.0. The largest absolute Gasteiger partial charge is 0.459 e. The summed E-state index contributed by atoms with van der Waals surface area (Å²) in [5, 5.41) is 4.74. The van der Waals surface area contributed by atoms with E-state index >= 15 is 0 Å². The highest BCUT2D eigenvalue weighted by Crippen LogP contribution is 2.40. The van der Waals surface area contributed by atoms with Gasteiger partial charge in [0.2, 0.25) is 5.91 Å². The van der Waals surface area contributed by atoms with Crippen molar-refractivity contribution >= 4 is 23.8 Å². The number of hydrogen-bond acceptors (Lipinski definition) is 9. The number of carbonyl (C=O) groups is 4. The van der Waals surface area contributed by atoms with E-state index in [2.05, 4.69) is 20.4 Å². The minimum absolute atomic E-state index is 0.0481. The fraction of sp³-hybridized carbons (Fsp3) is 0.652. The molecule has 13 nitrogen and oxygen atoms in total. The summed E-state index contributed by atoms with van der Waals surface area (Å²) in [6, 6.07) is 0. The smallest absolute Gasteiger partial charge is 0.408 e. The van der Waals surface area contributed by atoms with Gasteiger partial charge in [-0.3, -0.25) is 23.9 Å². The topological polar surface area (TPSA) is 175 Å². The molecule has 0 saturated carbocycles. The Kier molecular flexibility index (Phi) is 10.8. The quantitative estimate of drug-likeness (QED) is 0.267. The number of methoxy groups -OCH3 is 1. The molecule has 13 heteroatoms.